The summed E-state index contributed by atoms with van der Waals surface area (Å²) >= 11 is 0. The highest BCUT2D eigenvalue weighted by Gasteiger charge is 2.43. The van der Waals surface area contributed by atoms with Crippen molar-refractivity contribution in [3.8, 4) is 0 Å². The summed E-state index contributed by atoms with van der Waals surface area (Å²) in [5, 5.41) is 3.70. The number of ether oxygens (including phenoxy) is 3. The fraction of sp³-hybridized carbons (Fsp3) is 0.500. The van der Waals surface area contributed by atoms with Gasteiger partial charge in [0, 0.05) is 10.5 Å². The van der Waals surface area contributed by atoms with Gasteiger partial charge in [0.1, 0.15) is 12.2 Å². The summed E-state index contributed by atoms with van der Waals surface area (Å²) in [5.41, 5.74) is 9.49. The van der Waals surface area contributed by atoms with Crippen molar-refractivity contribution in [2.45, 2.75) is 24.5 Å². The first-order chi connectivity index (χ1) is 8.88. The van der Waals surface area contributed by atoms with Crippen molar-refractivity contribution < 1.29 is 14.2 Å². The molecule has 4 atom stereocenters. The second-order valence-corrected chi connectivity index (χ2v) is 4.32. The quantitative estimate of drug-likeness (QED) is 0.355. The summed E-state index contributed by atoms with van der Waals surface area (Å²) in [6.07, 6.45) is -0.610. The Hall–Kier alpha value is -1.59. The molecule has 1 aromatic rings. The summed E-state index contributed by atoms with van der Waals surface area (Å²) < 4.78 is 16.7. The molecule has 0 radical (unpaired) electrons. The van der Waals surface area contributed by atoms with E-state index in [0.717, 1.165) is 5.56 Å². The first-order valence-electron chi connectivity index (χ1n) is 5.86. The number of azide groups is 1. The molecule has 94 valence electrons. The van der Waals surface area contributed by atoms with Crippen molar-refractivity contribution in [2.24, 2.45) is 5.11 Å². The van der Waals surface area contributed by atoms with Crippen LogP contribution in [0.25, 0.3) is 10.4 Å². The molecule has 0 N–H and O–H groups in total. The van der Waals surface area contributed by atoms with Gasteiger partial charge in [-0.2, -0.15) is 0 Å². The van der Waals surface area contributed by atoms with Gasteiger partial charge in [0.2, 0.25) is 0 Å². The van der Waals surface area contributed by atoms with E-state index < -0.39 is 6.29 Å². The van der Waals surface area contributed by atoms with Crippen molar-refractivity contribution in [2.75, 3.05) is 13.2 Å². The predicted octanol–water partition coefficient (Wildman–Crippen LogP) is 2.18. The molecular formula is C12H13N3O3. The Morgan fingerprint density at radius 3 is 2.61 bits per heavy atom. The lowest BCUT2D eigenvalue weighted by molar-refractivity contribution is -0.228. The summed E-state index contributed by atoms with van der Waals surface area (Å²) in [5.74, 6) is 0. The van der Waals surface area contributed by atoms with Crippen LogP contribution < -0.4 is 0 Å². The average Bonchev–Trinajstić information content (AvgIpc) is 3.25. The molecule has 6 heteroatoms. The van der Waals surface area contributed by atoms with E-state index in [4.69, 9.17) is 19.7 Å². The van der Waals surface area contributed by atoms with Crippen LogP contribution in [0.2, 0.25) is 0 Å². The number of hydrogen-bond donors (Lipinski definition) is 0. The maximum atomic E-state index is 8.53. The molecule has 6 nitrogen and oxygen atoms in total. The molecule has 2 saturated heterocycles. The monoisotopic (exact) mass is 247 g/mol. The fourth-order valence-electron chi connectivity index (χ4n) is 2.08. The lowest BCUT2D eigenvalue weighted by Gasteiger charge is -2.33. The molecular weight excluding hydrogens is 234 g/mol. The second-order valence-electron chi connectivity index (χ2n) is 4.32. The predicted molar refractivity (Wildman–Crippen MR) is 62.7 cm³/mol. The second kappa shape index (κ2) is 4.96. The van der Waals surface area contributed by atoms with E-state index in [1.54, 1.807) is 0 Å². The van der Waals surface area contributed by atoms with Crippen LogP contribution in [0.1, 0.15) is 11.9 Å². The zero-order valence-electron chi connectivity index (χ0n) is 9.68. The lowest BCUT2D eigenvalue weighted by atomic mass is 10.1. The Balaban J connectivity index is 1.75. The normalized spacial score (nSPS) is 34.7. The van der Waals surface area contributed by atoms with Crippen LogP contribution in [0.4, 0.5) is 0 Å². The molecule has 0 saturated carbocycles. The molecule has 2 heterocycles. The standard InChI is InChI=1S/C12H13N3O3/c13-15-14-9-6-17-12(8-4-2-1-3-5-8)18-11(9)10-7-16-10/h1-5,9-12H,6-7H2/t9-,10-,11-,12-/m0/s1. The minimum atomic E-state index is -0.412. The van der Waals surface area contributed by atoms with E-state index >= 15 is 0 Å². The van der Waals surface area contributed by atoms with E-state index in [2.05, 4.69) is 10.0 Å². The third-order valence-corrected chi connectivity index (χ3v) is 3.08. The van der Waals surface area contributed by atoms with Crippen LogP contribution in [0, 0.1) is 0 Å². The van der Waals surface area contributed by atoms with Gasteiger partial charge in [-0.1, -0.05) is 35.4 Å². The summed E-state index contributed by atoms with van der Waals surface area (Å²) in [4.78, 5) is 2.83. The maximum absolute atomic E-state index is 8.53. The zero-order chi connectivity index (χ0) is 12.4. The number of hydrogen-bond acceptors (Lipinski definition) is 4. The largest absolute Gasteiger partial charge is 0.370 e. The molecule has 0 unspecified atom stereocenters. The van der Waals surface area contributed by atoms with Crippen LogP contribution >= 0.6 is 0 Å². The van der Waals surface area contributed by atoms with Crippen LogP contribution in [-0.2, 0) is 14.2 Å². The molecule has 1 aromatic carbocycles. The molecule has 2 aliphatic heterocycles. The third kappa shape index (κ3) is 2.32. The van der Waals surface area contributed by atoms with Crippen LogP contribution in [0.15, 0.2) is 35.4 Å². The first-order valence-corrected chi connectivity index (χ1v) is 5.86. The fourth-order valence-corrected chi connectivity index (χ4v) is 2.08. The molecule has 0 bridgehead atoms. The van der Waals surface area contributed by atoms with Crippen LogP contribution in [-0.4, -0.2) is 31.5 Å². The molecule has 0 aromatic heterocycles. The van der Waals surface area contributed by atoms with E-state index in [-0.39, 0.29) is 18.2 Å². The van der Waals surface area contributed by atoms with Crippen LogP contribution in [0.5, 0.6) is 0 Å². The van der Waals surface area contributed by atoms with E-state index in [9.17, 15) is 0 Å². The SMILES string of the molecule is [N-]=[N+]=N[C@H]1CO[C@H](c2ccccc2)O[C@@H]1[C@@H]1CO1. The Bertz CT molecular complexity index is 457. The average molecular weight is 247 g/mol. The minimum Gasteiger partial charge on any atom is -0.370 e. The molecule has 3 rings (SSSR count). The van der Waals surface area contributed by atoms with Crippen molar-refractivity contribution in [1.29, 1.82) is 0 Å². The molecule has 2 fully saturated rings. The number of epoxide rings is 1. The van der Waals surface area contributed by atoms with E-state index in [1.165, 1.54) is 0 Å². The Kier molecular flexibility index (Phi) is 3.17. The van der Waals surface area contributed by atoms with Gasteiger partial charge in [-0.25, -0.2) is 0 Å². The lowest BCUT2D eigenvalue weighted by Crippen LogP contribution is -2.42. The van der Waals surface area contributed by atoms with Crippen LogP contribution in [0.3, 0.4) is 0 Å². The Morgan fingerprint density at radius 2 is 1.94 bits per heavy atom. The van der Waals surface area contributed by atoms with Gasteiger partial charge in [-0.15, -0.1) is 0 Å². The molecule has 2 aliphatic rings. The molecule has 0 amide bonds. The Morgan fingerprint density at radius 1 is 1.17 bits per heavy atom. The van der Waals surface area contributed by atoms with Gasteiger partial charge in [0.25, 0.3) is 0 Å². The maximum Gasteiger partial charge on any atom is 0.184 e. The summed E-state index contributed by atoms with van der Waals surface area (Å²) in [7, 11) is 0. The molecule has 18 heavy (non-hydrogen) atoms. The van der Waals surface area contributed by atoms with E-state index in [1.807, 2.05) is 30.3 Å². The van der Waals surface area contributed by atoms with Crippen molar-refractivity contribution >= 4 is 0 Å². The van der Waals surface area contributed by atoms with Gasteiger partial charge < -0.3 is 14.2 Å². The van der Waals surface area contributed by atoms with Crippen molar-refractivity contribution in [1.82, 2.24) is 0 Å². The number of benzene rings is 1. The zero-order valence-corrected chi connectivity index (χ0v) is 9.68. The topological polar surface area (TPSA) is 79.8 Å². The van der Waals surface area contributed by atoms with Gasteiger partial charge in [-0.3, -0.25) is 0 Å². The molecule has 0 aliphatic carbocycles. The number of rotatable bonds is 3. The number of nitrogens with zero attached hydrogens (tertiary/aromatic N) is 3. The van der Waals surface area contributed by atoms with Crippen molar-refractivity contribution in [3.63, 3.8) is 0 Å². The summed E-state index contributed by atoms with van der Waals surface area (Å²) in [6, 6.07) is 9.39. The van der Waals surface area contributed by atoms with Gasteiger partial charge >= 0.3 is 0 Å². The molecule has 0 spiro atoms. The van der Waals surface area contributed by atoms with E-state index in [0.29, 0.717) is 13.2 Å². The highest BCUT2D eigenvalue weighted by molar-refractivity contribution is 5.16. The Labute approximate surface area is 104 Å². The van der Waals surface area contributed by atoms with Gasteiger partial charge in [0.05, 0.1) is 19.3 Å². The van der Waals surface area contributed by atoms with Gasteiger partial charge in [0.15, 0.2) is 6.29 Å². The van der Waals surface area contributed by atoms with Gasteiger partial charge in [-0.05, 0) is 5.53 Å². The minimum absolute atomic E-state index is 0.0237. The summed E-state index contributed by atoms with van der Waals surface area (Å²) in [6.45, 7) is 1.01. The highest BCUT2D eigenvalue weighted by atomic mass is 16.7. The van der Waals surface area contributed by atoms with Crippen molar-refractivity contribution in [3.05, 3.63) is 46.3 Å². The third-order valence-electron chi connectivity index (χ3n) is 3.08. The first kappa shape index (κ1) is 11.5. The smallest absolute Gasteiger partial charge is 0.184 e. The highest BCUT2D eigenvalue weighted by Crippen LogP contribution is 2.33.